The van der Waals surface area contributed by atoms with Gasteiger partial charge in [-0.05, 0) is 44.5 Å². The molecule has 0 aromatic heterocycles. The Balaban J connectivity index is 2.16. The predicted octanol–water partition coefficient (Wildman–Crippen LogP) is 4.43. The first-order valence-corrected chi connectivity index (χ1v) is 12.3. The molecule has 0 fully saturated rings. The van der Waals surface area contributed by atoms with Crippen LogP contribution in [0.4, 0.5) is 0 Å². The van der Waals surface area contributed by atoms with E-state index in [4.69, 9.17) is 27.9 Å². The minimum absolute atomic E-state index is 0.00491. The fourth-order valence-corrected chi connectivity index (χ4v) is 4.79. The Morgan fingerprint density at radius 1 is 1.10 bits per heavy atom. The Morgan fingerprint density at radius 3 is 2.35 bits per heavy atom. The molecule has 2 aromatic rings. The monoisotopic (exact) mass is 486 g/mol. The van der Waals surface area contributed by atoms with Crippen LogP contribution in [0.5, 0.6) is 0 Å². The normalized spacial score (nSPS) is 11.6. The second-order valence-electron chi connectivity index (χ2n) is 7.00. The molecule has 9 heteroatoms. The third-order valence-electron chi connectivity index (χ3n) is 4.63. The summed E-state index contributed by atoms with van der Waals surface area (Å²) in [6, 6.07) is 11.6. The molecule has 2 rings (SSSR count). The van der Waals surface area contributed by atoms with Crippen molar-refractivity contribution in [2.45, 2.75) is 38.1 Å². The van der Waals surface area contributed by atoms with E-state index < -0.39 is 10.0 Å². The second-order valence-corrected chi connectivity index (χ2v) is 9.75. The summed E-state index contributed by atoms with van der Waals surface area (Å²) in [5, 5.41) is 3.53. The van der Waals surface area contributed by atoms with E-state index in [2.05, 4.69) is 5.32 Å². The van der Waals surface area contributed by atoms with Gasteiger partial charge in [-0.1, -0.05) is 47.0 Å². The summed E-state index contributed by atoms with van der Waals surface area (Å²) >= 11 is 12.5. The Bertz CT molecular complexity index is 946. The molecule has 0 saturated carbocycles. The standard InChI is InChI=1S/C22H28Cl2N2O4S/c1-3-30-15-5-13-25-22(27)12-14-26(16-19-20(23)6-4-7-21(19)24)31(28,29)18-10-8-17(2)9-11-18/h4,6-11H,3,5,12-16H2,1-2H3,(H,25,27). The minimum atomic E-state index is -3.86. The molecule has 6 nitrogen and oxygen atoms in total. The first-order chi connectivity index (χ1) is 14.8. The molecule has 170 valence electrons. The lowest BCUT2D eigenvalue weighted by Crippen LogP contribution is -2.35. The third kappa shape index (κ3) is 7.77. The van der Waals surface area contributed by atoms with Crippen molar-refractivity contribution in [2.24, 2.45) is 0 Å². The van der Waals surface area contributed by atoms with E-state index in [1.807, 2.05) is 13.8 Å². The van der Waals surface area contributed by atoms with E-state index in [9.17, 15) is 13.2 Å². The van der Waals surface area contributed by atoms with Crippen LogP contribution in [0.2, 0.25) is 10.0 Å². The van der Waals surface area contributed by atoms with Crippen LogP contribution >= 0.6 is 23.2 Å². The fourth-order valence-electron chi connectivity index (χ4n) is 2.86. The van der Waals surface area contributed by atoms with Gasteiger partial charge < -0.3 is 10.1 Å². The van der Waals surface area contributed by atoms with E-state index in [1.165, 1.54) is 4.31 Å². The summed E-state index contributed by atoms with van der Waals surface area (Å²) in [4.78, 5) is 12.4. The zero-order valence-electron chi connectivity index (χ0n) is 17.7. The van der Waals surface area contributed by atoms with Gasteiger partial charge in [-0.25, -0.2) is 8.42 Å². The smallest absolute Gasteiger partial charge is 0.243 e. The fraction of sp³-hybridized carbons (Fsp3) is 0.409. The van der Waals surface area contributed by atoms with E-state index in [0.29, 0.717) is 41.8 Å². The van der Waals surface area contributed by atoms with Crippen molar-refractivity contribution in [3.8, 4) is 0 Å². The van der Waals surface area contributed by atoms with Crippen LogP contribution in [-0.2, 0) is 26.1 Å². The number of carbonyl (C=O) groups is 1. The number of hydrogen-bond acceptors (Lipinski definition) is 4. The number of nitrogens with zero attached hydrogens (tertiary/aromatic N) is 1. The average molecular weight is 487 g/mol. The Hall–Kier alpha value is -1.64. The van der Waals surface area contributed by atoms with Gasteiger partial charge in [-0.15, -0.1) is 0 Å². The molecule has 0 heterocycles. The number of amides is 1. The van der Waals surface area contributed by atoms with Crippen LogP contribution in [-0.4, -0.2) is 44.9 Å². The summed E-state index contributed by atoms with van der Waals surface area (Å²) in [6.07, 6.45) is 0.710. The molecule has 2 aromatic carbocycles. The molecule has 0 spiro atoms. The van der Waals surface area contributed by atoms with Crippen LogP contribution in [0.1, 0.15) is 30.9 Å². The topological polar surface area (TPSA) is 75.7 Å². The van der Waals surface area contributed by atoms with Crippen LogP contribution in [0.25, 0.3) is 0 Å². The molecule has 1 N–H and O–H groups in total. The number of rotatable bonds is 12. The zero-order valence-corrected chi connectivity index (χ0v) is 20.1. The molecule has 0 aliphatic rings. The number of hydrogen-bond donors (Lipinski definition) is 1. The lowest BCUT2D eigenvalue weighted by atomic mass is 10.2. The highest BCUT2D eigenvalue weighted by Gasteiger charge is 2.26. The lowest BCUT2D eigenvalue weighted by molar-refractivity contribution is -0.121. The van der Waals surface area contributed by atoms with Crippen molar-refractivity contribution < 1.29 is 17.9 Å². The molecule has 0 saturated heterocycles. The van der Waals surface area contributed by atoms with Crippen molar-refractivity contribution in [2.75, 3.05) is 26.3 Å². The number of ether oxygens (including phenoxy) is 1. The van der Waals surface area contributed by atoms with Crippen molar-refractivity contribution in [3.05, 3.63) is 63.6 Å². The molecule has 0 unspecified atom stereocenters. The van der Waals surface area contributed by atoms with E-state index in [-0.39, 0.29) is 30.3 Å². The summed E-state index contributed by atoms with van der Waals surface area (Å²) in [5.41, 5.74) is 1.45. The predicted molar refractivity (Wildman–Crippen MR) is 124 cm³/mol. The van der Waals surface area contributed by atoms with E-state index >= 15 is 0 Å². The number of benzene rings is 2. The van der Waals surface area contributed by atoms with Gasteiger partial charge in [-0.2, -0.15) is 4.31 Å². The van der Waals surface area contributed by atoms with Gasteiger partial charge in [0.15, 0.2) is 0 Å². The van der Waals surface area contributed by atoms with Crippen molar-refractivity contribution in [3.63, 3.8) is 0 Å². The lowest BCUT2D eigenvalue weighted by Gasteiger charge is -2.23. The third-order valence-corrected chi connectivity index (χ3v) is 7.20. The molecule has 0 atom stereocenters. The largest absolute Gasteiger partial charge is 0.382 e. The van der Waals surface area contributed by atoms with Gasteiger partial charge in [0, 0.05) is 54.9 Å². The summed E-state index contributed by atoms with van der Waals surface area (Å²) in [5.74, 6) is -0.231. The quantitative estimate of drug-likeness (QED) is 0.450. The Labute approximate surface area is 194 Å². The van der Waals surface area contributed by atoms with E-state index in [0.717, 1.165) is 5.56 Å². The average Bonchev–Trinajstić information content (AvgIpc) is 2.73. The first-order valence-electron chi connectivity index (χ1n) is 10.1. The minimum Gasteiger partial charge on any atom is -0.382 e. The summed E-state index contributed by atoms with van der Waals surface area (Å²) < 4.78 is 33.1. The molecular weight excluding hydrogens is 459 g/mol. The maximum atomic E-state index is 13.3. The second kappa shape index (κ2) is 12.4. The molecule has 0 aliphatic heterocycles. The number of aryl methyl sites for hydroxylation is 1. The van der Waals surface area contributed by atoms with Gasteiger partial charge in [0.05, 0.1) is 4.90 Å². The summed E-state index contributed by atoms with van der Waals surface area (Å²) in [6.45, 7) is 5.42. The van der Waals surface area contributed by atoms with Crippen LogP contribution in [0, 0.1) is 6.92 Å². The van der Waals surface area contributed by atoms with Crippen LogP contribution in [0.15, 0.2) is 47.4 Å². The SMILES string of the molecule is CCOCCCNC(=O)CCN(Cc1c(Cl)cccc1Cl)S(=O)(=O)c1ccc(C)cc1. The van der Waals surface area contributed by atoms with Gasteiger partial charge in [0.2, 0.25) is 15.9 Å². The van der Waals surface area contributed by atoms with Gasteiger partial charge in [0.1, 0.15) is 0 Å². The molecular formula is C22H28Cl2N2O4S. The Morgan fingerprint density at radius 2 is 1.74 bits per heavy atom. The number of sulfonamides is 1. The van der Waals surface area contributed by atoms with Gasteiger partial charge in [0.25, 0.3) is 0 Å². The molecule has 0 radical (unpaired) electrons. The highest BCUT2D eigenvalue weighted by molar-refractivity contribution is 7.89. The number of nitrogens with one attached hydrogen (secondary N) is 1. The van der Waals surface area contributed by atoms with Gasteiger partial charge >= 0.3 is 0 Å². The summed E-state index contributed by atoms with van der Waals surface area (Å²) in [7, 11) is -3.86. The van der Waals surface area contributed by atoms with Crippen LogP contribution in [0.3, 0.4) is 0 Å². The maximum Gasteiger partial charge on any atom is 0.243 e. The maximum absolute atomic E-state index is 13.3. The van der Waals surface area contributed by atoms with Crippen LogP contribution < -0.4 is 5.32 Å². The molecule has 0 bridgehead atoms. The van der Waals surface area contributed by atoms with Crippen molar-refractivity contribution >= 4 is 39.1 Å². The first kappa shape index (κ1) is 25.6. The van der Waals surface area contributed by atoms with Crippen molar-refractivity contribution in [1.82, 2.24) is 9.62 Å². The molecule has 1 amide bonds. The number of carbonyl (C=O) groups excluding carboxylic acids is 1. The zero-order chi connectivity index (χ0) is 22.9. The molecule has 0 aliphatic carbocycles. The van der Waals surface area contributed by atoms with Crippen molar-refractivity contribution in [1.29, 1.82) is 0 Å². The highest BCUT2D eigenvalue weighted by atomic mass is 35.5. The van der Waals surface area contributed by atoms with Gasteiger partial charge in [-0.3, -0.25) is 4.79 Å². The molecule has 31 heavy (non-hydrogen) atoms. The highest BCUT2D eigenvalue weighted by Crippen LogP contribution is 2.28. The van der Waals surface area contributed by atoms with E-state index in [1.54, 1.807) is 42.5 Å². The number of halogens is 2. The Kier molecular flexibility index (Phi) is 10.3.